The van der Waals surface area contributed by atoms with Gasteiger partial charge in [0.15, 0.2) is 0 Å². The van der Waals surface area contributed by atoms with E-state index in [2.05, 4.69) is 93.4 Å². The molecule has 6 aromatic heterocycles. The summed E-state index contributed by atoms with van der Waals surface area (Å²) in [6, 6.07) is 32.3. The lowest BCUT2D eigenvalue weighted by molar-refractivity contribution is -0.138. The summed E-state index contributed by atoms with van der Waals surface area (Å²) < 4.78 is 86.2. The standard InChI is InChI=1S/C18H16N4O2.C11H10F3N3.C9H9IO2.C9H8N4.C7H5BrF3N.C4H6N2/c1-12-6-7-13(17(23)24-2)11-16(12)22-18-20-10-8-15(21-18)14-5-3-4-9-19-14;1-7-5-17(6-16-7)10-3-8(11(12,13)14)2-9(15)4-10;1-6-3-4-7(5-8(6)10)9(11)12-2;10-9-12-6-4-8(13-9)7-3-1-2-5-11-7;8-5-1-4(7(9,10)11)2-6(12)3-5;1-4-2-5-3-6-4/h3-11H,1-2H3,(H,20,21,22);2-6H,15H2,1H3;3-5H,1-2H3;1-6H,(H2,10,12,13);1-3H,12H2;2-3H,1H3,(H,5,6). The second kappa shape index (κ2) is 31.2. The molecule has 18 nitrogen and oxygen atoms in total. The van der Waals surface area contributed by atoms with E-state index in [1.54, 1.807) is 80.8 Å². The van der Waals surface area contributed by atoms with Gasteiger partial charge in [-0.25, -0.2) is 39.5 Å². The number of methoxy groups -OCH3 is 2. The summed E-state index contributed by atoms with van der Waals surface area (Å²) in [5.41, 5.74) is 24.0. The molecule has 8 N–H and O–H groups in total. The molecule has 436 valence electrons. The number of carbonyl (C=O) groups is 2. The lowest BCUT2D eigenvalue weighted by Crippen LogP contribution is -2.07. The topological polar surface area (TPSA) is 267 Å². The van der Waals surface area contributed by atoms with E-state index in [1.165, 1.54) is 42.8 Å². The van der Waals surface area contributed by atoms with E-state index in [1.807, 2.05) is 75.4 Å². The van der Waals surface area contributed by atoms with Crippen LogP contribution in [0.5, 0.6) is 0 Å². The van der Waals surface area contributed by atoms with Crippen molar-refractivity contribution in [2.45, 2.75) is 40.0 Å². The van der Waals surface area contributed by atoms with Crippen molar-refractivity contribution < 1.29 is 45.4 Å². The first-order valence-electron chi connectivity index (χ1n) is 24.4. The highest BCUT2D eigenvalue weighted by molar-refractivity contribution is 14.1. The van der Waals surface area contributed by atoms with Gasteiger partial charge in [0, 0.05) is 73.7 Å². The van der Waals surface area contributed by atoms with Crippen LogP contribution in [0.15, 0.2) is 176 Å². The van der Waals surface area contributed by atoms with Crippen molar-refractivity contribution in [1.82, 2.24) is 49.4 Å². The molecule has 10 rings (SSSR count). The number of halogens is 8. The maximum Gasteiger partial charge on any atom is 0.416 e. The van der Waals surface area contributed by atoms with Crippen LogP contribution in [0.25, 0.3) is 28.5 Å². The third-order valence-electron chi connectivity index (χ3n) is 10.8. The van der Waals surface area contributed by atoms with Crippen molar-refractivity contribution in [2.75, 3.05) is 36.7 Å². The molecule has 0 aliphatic rings. The van der Waals surface area contributed by atoms with Gasteiger partial charge < -0.3 is 41.5 Å². The number of nitrogen functional groups attached to an aromatic ring is 3. The number of rotatable bonds is 7. The summed E-state index contributed by atoms with van der Waals surface area (Å²) in [4.78, 5) is 58.3. The summed E-state index contributed by atoms with van der Waals surface area (Å²) >= 11 is 5.12. The van der Waals surface area contributed by atoms with E-state index in [9.17, 15) is 35.9 Å². The fourth-order valence-electron chi connectivity index (χ4n) is 6.68. The van der Waals surface area contributed by atoms with Crippen molar-refractivity contribution >= 4 is 79.4 Å². The largest absolute Gasteiger partial charge is 0.465 e. The Labute approximate surface area is 500 Å². The Kier molecular flexibility index (Phi) is 24.3. The summed E-state index contributed by atoms with van der Waals surface area (Å²) in [5, 5.41) is 3.14. The maximum atomic E-state index is 12.6. The summed E-state index contributed by atoms with van der Waals surface area (Å²) in [6.45, 7) is 7.66. The maximum absolute atomic E-state index is 12.6. The number of nitrogens with two attached hydrogens (primary N) is 3. The van der Waals surface area contributed by atoms with Crippen molar-refractivity contribution in [3.63, 3.8) is 0 Å². The highest BCUT2D eigenvalue weighted by Crippen LogP contribution is 2.34. The van der Waals surface area contributed by atoms with Gasteiger partial charge in [-0.1, -0.05) is 40.2 Å². The summed E-state index contributed by atoms with van der Waals surface area (Å²) in [5.74, 6) is 0.0283. The Morgan fingerprint density at radius 3 is 1.65 bits per heavy atom. The minimum absolute atomic E-state index is 0.0705. The highest BCUT2D eigenvalue weighted by atomic mass is 127. The van der Waals surface area contributed by atoms with E-state index >= 15 is 0 Å². The molecule has 84 heavy (non-hydrogen) atoms. The fourth-order valence-corrected chi connectivity index (χ4v) is 7.70. The predicted molar refractivity (Wildman–Crippen MR) is 321 cm³/mol. The Morgan fingerprint density at radius 1 is 0.619 bits per heavy atom. The second-order valence-electron chi connectivity index (χ2n) is 17.3. The lowest BCUT2D eigenvalue weighted by Gasteiger charge is -2.10. The Balaban J connectivity index is 0.000000192. The number of hydrogen-bond acceptors (Lipinski definition) is 16. The number of anilines is 5. The van der Waals surface area contributed by atoms with Gasteiger partial charge in [-0.3, -0.25) is 9.97 Å². The van der Waals surface area contributed by atoms with Gasteiger partial charge >= 0.3 is 24.3 Å². The minimum atomic E-state index is -4.40. The lowest BCUT2D eigenvalue weighted by atomic mass is 10.1. The van der Waals surface area contributed by atoms with E-state index in [-0.39, 0.29) is 29.3 Å². The van der Waals surface area contributed by atoms with Crippen LogP contribution in [0.3, 0.4) is 0 Å². The van der Waals surface area contributed by atoms with Crippen LogP contribution < -0.4 is 22.5 Å². The van der Waals surface area contributed by atoms with Crippen LogP contribution in [-0.2, 0) is 21.8 Å². The molecule has 0 bridgehead atoms. The number of hydrogen-bond donors (Lipinski definition) is 5. The molecule has 6 heterocycles. The molecule has 0 aliphatic heterocycles. The number of esters is 2. The van der Waals surface area contributed by atoms with Gasteiger partial charge in [0.25, 0.3) is 0 Å². The smallest absolute Gasteiger partial charge is 0.416 e. The van der Waals surface area contributed by atoms with E-state index in [4.69, 9.17) is 21.9 Å². The molecule has 0 spiro atoms. The number of imidazole rings is 2. The number of H-pyrrole nitrogens is 1. The van der Waals surface area contributed by atoms with Crippen LogP contribution in [0.1, 0.15) is 54.4 Å². The average molecular weight is 1330 g/mol. The zero-order valence-corrected chi connectivity index (χ0v) is 49.3. The molecule has 4 aromatic carbocycles. The number of alkyl halides is 6. The van der Waals surface area contributed by atoms with Gasteiger partial charge in [-0.2, -0.15) is 26.3 Å². The molecule has 0 saturated carbocycles. The van der Waals surface area contributed by atoms with Crippen molar-refractivity contribution in [1.29, 1.82) is 0 Å². The highest BCUT2D eigenvalue weighted by Gasteiger charge is 2.32. The van der Waals surface area contributed by atoms with Crippen LogP contribution >= 0.6 is 38.5 Å². The first-order chi connectivity index (χ1) is 39.8. The van der Waals surface area contributed by atoms with Crippen LogP contribution in [0, 0.1) is 31.3 Å². The van der Waals surface area contributed by atoms with Crippen LogP contribution in [0.4, 0.5) is 55.3 Å². The molecule has 10 aromatic rings. The fraction of sp³-hybridized carbons (Fsp3) is 0.138. The second-order valence-corrected chi connectivity index (χ2v) is 19.4. The van der Waals surface area contributed by atoms with E-state index < -0.39 is 23.5 Å². The van der Waals surface area contributed by atoms with Gasteiger partial charge in [0.2, 0.25) is 11.9 Å². The minimum Gasteiger partial charge on any atom is -0.465 e. The number of benzene rings is 4. The first-order valence-corrected chi connectivity index (χ1v) is 26.3. The van der Waals surface area contributed by atoms with E-state index in [0.29, 0.717) is 27.2 Å². The third kappa shape index (κ3) is 21.2. The molecular formula is C58H54BrF6IN14O4. The van der Waals surface area contributed by atoms with E-state index in [0.717, 1.165) is 73.3 Å². The normalized spacial score (nSPS) is 10.5. The van der Waals surface area contributed by atoms with Gasteiger partial charge in [0.05, 0.1) is 77.6 Å². The van der Waals surface area contributed by atoms with Gasteiger partial charge in [0.1, 0.15) is 0 Å². The number of aromatic nitrogens is 10. The zero-order chi connectivity index (χ0) is 61.6. The molecule has 0 unspecified atom stereocenters. The van der Waals surface area contributed by atoms with Crippen LogP contribution in [0.2, 0.25) is 0 Å². The number of aryl methyl sites for hydroxylation is 4. The molecule has 26 heteroatoms. The van der Waals surface area contributed by atoms with Gasteiger partial charge in [-0.15, -0.1) is 0 Å². The molecule has 0 atom stereocenters. The monoisotopic (exact) mass is 1330 g/mol. The molecular weight excluding hydrogens is 1280 g/mol. The Hall–Kier alpha value is -9.31. The van der Waals surface area contributed by atoms with Crippen molar-refractivity contribution in [3.8, 4) is 28.5 Å². The predicted octanol–water partition coefficient (Wildman–Crippen LogP) is 13.4. The number of ether oxygens (including phenoxy) is 2. The summed E-state index contributed by atoms with van der Waals surface area (Å²) in [7, 11) is 2.74. The summed E-state index contributed by atoms with van der Waals surface area (Å²) in [6.07, 6.45) is 4.50. The first kappa shape index (κ1) is 65.5. The SMILES string of the molecule is COC(=O)c1ccc(C)c(I)c1.COC(=O)c1ccc(C)c(Nc2nccc(-c3ccccn3)n2)c1.Cc1cn(-c2cc(N)cc(C(F)(F)F)c2)cn1.Cc1cnc[nH]1.Nc1cc(Br)cc(C(F)(F)F)c1.Nc1nccc(-c2ccccn2)n1. The number of carbonyl (C=O) groups excluding carboxylic acids is 2. The van der Waals surface area contributed by atoms with Crippen molar-refractivity contribution in [2.24, 2.45) is 0 Å². The Morgan fingerprint density at radius 2 is 1.18 bits per heavy atom. The molecule has 0 fully saturated rings. The number of nitrogens with zero attached hydrogens (tertiary/aromatic N) is 9. The third-order valence-corrected chi connectivity index (χ3v) is 12.5. The molecule has 0 saturated heterocycles. The quantitative estimate of drug-likeness (QED) is 0.0430. The van der Waals surface area contributed by atoms with Crippen LogP contribution in [-0.4, -0.2) is 75.6 Å². The number of aromatic amines is 1. The Bertz CT molecular complexity index is 3710. The molecule has 0 aliphatic carbocycles. The average Bonchev–Trinajstić information content (AvgIpc) is 4.21. The zero-order valence-electron chi connectivity index (χ0n) is 45.6. The van der Waals surface area contributed by atoms with Gasteiger partial charge in [-0.05, 0) is 158 Å². The van der Waals surface area contributed by atoms with Crippen molar-refractivity contribution in [3.05, 3.63) is 224 Å². The molecule has 0 amide bonds. The number of pyridine rings is 2. The molecule has 0 radical (unpaired) electrons. The number of nitrogens with one attached hydrogen (secondary N) is 2.